The SMILES string of the molecule is Cc1cc(CO)c(C=O)cn1. The van der Waals surface area contributed by atoms with E-state index in [2.05, 4.69) is 4.98 Å². The molecule has 3 nitrogen and oxygen atoms in total. The van der Waals surface area contributed by atoms with Gasteiger partial charge in [0.25, 0.3) is 0 Å². The summed E-state index contributed by atoms with van der Waals surface area (Å²) in [6.07, 6.45) is 2.16. The third-order valence-corrected chi connectivity index (χ3v) is 1.46. The average Bonchev–Trinajstić information content (AvgIpc) is 2.04. The van der Waals surface area contributed by atoms with Crippen molar-refractivity contribution in [2.24, 2.45) is 0 Å². The molecule has 0 saturated carbocycles. The van der Waals surface area contributed by atoms with Gasteiger partial charge in [-0.3, -0.25) is 9.78 Å². The third-order valence-electron chi connectivity index (χ3n) is 1.46. The van der Waals surface area contributed by atoms with Gasteiger partial charge < -0.3 is 5.11 Å². The minimum Gasteiger partial charge on any atom is -0.392 e. The highest BCUT2D eigenvalue weighted by atomic mass is 16.3. The van der Waals surface area contributed by atoms with Crippen LogP contribution in [0.4, 0.5) is 0 Å². The van der Waals surface area contributed by atoms with E-state index in [4.69, 9.17) is 5.11 Å². The Bertz CT molecular complexity index is 271. The molecule has 0 radical (unpaired) electrons. The number of aliphatic hydroxyl groups excluding tert-OH is 1. The molecule has 58 valence electrons. The van der Waals surface area contributed by atoms with Gasteiger partial charge in [-0.05, 0) is 18.6 Å². The zero-order valence-electron chi connectivity index (χ0n) is 6.24. The fraction of sp³-hybridized carbons (Fsp3) is 0.250. The van der Waals surface area contributed by atoms with Crippen molar-refractivity contribution in [3.05, 3.63) is 29.1 Å². The van der Waals surface area contributed by atoms with Crippen LogP contribution in [-0.4, -0.2) is 16.4 Å². The summed E-state index contributed by atoms with van der Waals surface area (Å²) in [6, 6.07) is 1.70. The van der Waals surface area contributed by atoms with Crippen LogP contribution >= 0.6 is 0 Å². The Morgan fingerprint density at radius 3 is 3.00 bits per heavy atom. The van der Waals surface area contributed by atoms with Crippen molar-refractivity contribution in [3.63, 3.8) is 0 Å². The molecule has 11 heavy (non-hydrogen) atoms. The fourth-order valence-electron chi connectivity index (χ4n) is 0.870. The number of carbonyl (C=O) groups is 1. The number of hydrogen-bond donors (Lipinski definition) is 1. The van der Waals surface area contributed by atoms with Crippen molar-refractivity contribution >= 4 is 6.29 Å². The zero-order chi connectivity index (χ0) is 8.27. The van der Waals surface area contributed by atoms with Crippen LogP contribution in [0.5, 0.6) is 0 Å². The molecule has 0 fully saturated rings. The van der Waals surface area contributed by atoms with Gasteiger partial charge in [0.1, 0.15) is 0 Å². The third kappa shape index (κ3) is 1.62. The molecular weight excluding hydrogens is 142 g/mol. The Balaban J connectivity index is 3.16. The first kappa shape index (κ1) is 7.88. The highest BCUT2D eigenvalue weighted by molar-refractivity contribution is 5.76. The topological polar surface area (TPSA) is 50.2 Å². The van der Waals surface area contributed by atoms with E-state index in [1.807, 2.05) is 6.92 Å². The molecule has 1 N–H and O–H groups in total. The van der Waals surface area contributed by atoms with Gasteiger partial charge in [-0.15, -0.1) is 0 Å². The largest absolute Gasteiger partial charge is 0.392 e. The van der Waals surface area contributed by atoms with E-state index in [0.717, 1.165) is 5.69 Å². The molecule has 0 aliphatic heterocycles. The monoisotopic (exact) mass is 151 g/mol. The molecule has 0 unspecified atom stereocenters. The number of rotatable bonds is 2. The summed E-state index contributed by atoms with van der Waals surface area (Å²) < 4.78 is 0. The second kappa shape index (κ2) is 3.25. The predicted molar refractivity (Wildman–Crippen MR) is 40.3 cm³/mol. The smallest absolute Gasteiger partial charge is 0.151 e. The maximum absolute atomic E-state index is 10.3. The van der Waals surface area contributed by atoms with E-state index in [-0.39, 0.29) is 6.61 Å². The highest BCUT2D eigenvalue weighted by Gasteiger charge is 1.99. The number of nitrogens with zero attached hydrogens (tertiary/aromatic N) is 1. The van der Waals surface area contributed by atoms with Crippen LogP contribution in [0.15, 0.2) is 12.3 Å². The van der Waals surface area contributed by atoms with Crippen molar-refractivity contribution in [2.75, 3.05) is 0 Å². The number of carbonyl (C=O) groups excluding carboxylic acids is 1. The van der Waals surface area contributed by atoms with Gasteiger partial charge in [0.2, 0.25) is 0 Å². The van der Waals surface area contributed by atoms with Gasteiger partial charge in [-0.25, -0.2) is 0 Å². The standard InChI is InChI=1S/C8H9NO2/c1-6-2-7(4-10)8(5-11)3-9-6/h2-3,5,10H,4H2,1H3. The Kier molecular flexibility index (Phi) is 2.33. The van der Waals surface area contributed by atoms with E-state index in [0.29, 0.717) is 17.4 Å². The Morgan fingerprint density at radius 2 is 2.45 bits per heavy atom. The molecule has 1 aromatic rings. The van der Waals surface area contributed by atoms with Crippen LogP contribution < -0.4 is 0 Å². The lowest BCUT2D eigenvalue weighted by Gasteiger charge is -1.99. The van der Waals surface area contributed by atoms with Crippen LogP contribution in [0, 0.1) is 6.92 Å². The van der Waals surface area contributed by atoms with E-state index >= 15 is 0 Å². The summed E-state index contributed by atoms with van der Waals surface area (Å²) in [5.74, 6) is 0. The lowest BCUT2D eigenvalue weighted by Crippen LogP contribution is -1.95. The minimum atomic E-state index is -0.114. The van der Waals surface area contributed by atoms with Crippen LogP contribution in [0.1, 0.15) is 21.6 Å². The maximum atomic E-state index is 10.3. The average molecular weight is 151 g/mol. The van der Waals surface area contributed by atoms with Crippen LogP contribution in [0.3, 0.4) is 0 Å². The number of hydrogen-bond acceptors (Lipinski definition) is 3. The Morgan fingerprint density at radius 1 is 1.73 bits per heavy atom. The van der Waals surface area contributed by atoms with Crippen molar-refractivity contribution < 1.29 is 9.90 Å². The molecule has 0 spiro atoms. The summed E-state index contributed by atoms with van der Waals surface area (Å²) >= 11 is 0. The van der Waals surface area contributed by atoms with Gasteiger partial charge in [0, 0.05) is 17.5 Å². The number of pyridine rings is 1. The molecular formula is C8H9NO2. The summed E-state index contributed by atoms with van der Waals surface area (Å²) in [5.41, 5.74) is 1.89. The van der Waals surface area contributed by atoms with Gasteiger partial charge >= 0.3 is 0 Å². The van der Waals surface area contributed by atoms with Crippen molar-refractivity contribution in [2.45, 2.75) is 13.5 Å². The summed E-state index contributed by atoms with van der Waals surface area (Å²) in [6.45, 7) is 1.70. The molecule has 0 saturated heterocycles. The number of aliphatic hydroxyl groups is 1. The Labute approximate surface area is 64.7 Å². The minimum absolute atomic E-state index is 0.114. The first-order valence-corrected chi connectivity index (χ1v) is 3.29. The molecule has 0 aliphatic carbocycles. The molecule has 1 aromatic heterocycles. The number of aldehydes is 1. The lowest BCUT2D eigenvalue weighted by molar-refractivity contribution is 0.112. The first-order valence-electron chi connectivity index (χ1n) is 3.29. The molecule has 0 aliphatic rings. The van der Waals surface area contributed by atoms with Crippen LogP contribution in [0.25, 0.3) is 0 Å². The van der Waals surface area contributed by atoms with E-state index in [9.17, 15) is 4.79 Å². The quantitative estimate of drug-likeness (QED) is 0.633. The summed E-state index contributed by atoms with van der Waals surface area (Å²) in [5, 5.41) is 8.79. The van der Waals surface area contributed by atoms with Gasteiger partial charge in [0.15, 0.2) is 6.29 Å². The molecule has 0 bridgehead atoms. The summed E-state index contributed by atoms with van der Waals surface area (Å²) in [4.78, 5) is 14.3. The molecule has 0 aromatic carbocycles. The normalized spacial score (nSPS) is 9.64. The molecule has 0 amide bonds. The number of aromatic nitrogens is 1. The van der Waals surface area contributed by atoms with Crippen molar-refractivity contribution in [1.29, 1.82) is 0 Å². The van der Waals surface area contributed by atoms with E-state index in [1.165, 1.54) is 6.20 Å². The highest BCUT2D eigenvalue weighted by Crippen LogP contribution is 2.06. The van der Waals surface area contributed by atoms with Gasteiger partial charge in [-0.2, -0.15) is 0 Å². The Hall–Kier alpha value is -1.22. The van der Waals surface area contributed by atoms with Gasteiger partial charge in [0.05, 0.1) is 6.61 Å². The second-order valence-corrected chi connectivity index (χ2v) is 2.30. The van der Waals surface area contributed by atoms with E-state index < -0.39 is 0 Å². The van der Waals surface area contributed by atoms with Crippen LogP contribution in [-0.2, 0) is 6.61 Å². The maximum Gasteiger partial charge on any atom is 0.151 e. The summed E-state index contributed by atoms with van der Waals surface area (Å²) in [7, 11) is 0. The van der Waals surface area contributed by atoms with E-state index in [1.54, 1.807) is 6.07 Å². The number of aryl methyl sites for hydroxylation is 1. The molecule has 1 heterocycles. The zero-order valence-corrected chi connectivity index (χ0v) is 6.24. The predicted octanol–water partition coefficient (Wildman–Crippen LogP) is 0.695. The van der Waals surface area contributed by atoms with Crippen molar-refractivity contribution in [3.8, 4) is 0 Å². The van der Waals surface area contributed by atoms with Crippen molar-refractivity contribution in [1.82, 2.24) is 4.98 Å². The van der Waals surface area contributed by atoms with Gasteiger partial charge in [-0.1, -0.05) is 0 Å². The fourth-order valence-corrected chi connectivity index (χ4v) is 0.870. The lowest BCUT2D eigenvalue weighted by atomic mass is 10.1. The molecule has 3 heteroatoms. The second-order valence-electron chi connectivity index (χ2n) is 2.30. The molecule has 1 rings (SSSR count). The first-order chi connectivity index (χ1) is 5.27. The van der Waals surface area contributed by atoms with Crippen LogP contribution in [0.2, 0.25) is 0 Å². The molecule has 0 atom stereocenters.